The molecule has 0 aliphatic heterocycles. The molecule has 2 rings (SSSR count). The maximum Gasteiger partial charge on any atom is 0.124 e. The van der Waals surface area contributed by atoms with Crippen molar-refractivity contribution >= 4 is 11.6 Å². The lowest BCUT2D eigenvalue weighted by molar-refractivity contribution is 0.224. The van der Waals surface area contributed by atoms with Gasteiger partial charge in [0.25, 0.3) is 0 Å². The van der Waals surface area contributed by atoms with Crippen LogP contribution in [0.5, 0.6) is 5.75 Å². The number of ether oxygens (including phenoxy) is 1. The molecule has 20 heavy (non-hydrogen) atoms. The van der Waals surface area contributed by atoms with Gasteiger partial charge < -0.3 is 10.1 Å². The molecule has 2 aromatic carbocycles. The lowest BCUT2D eigenvalue weighted by atomic mass is 10.1. The van der Waals surface area contributed by atoms with Gasteiger partial charge in [0.15, 0.2) is 0 Å². The number of nitrogens with one attached hydrogen (secondary N) is 1. The molecule has 3 heteroatoms. The monoisotopic (exact) mass is 289 g/mol. The van der Waals surface area contributed by atoms with Crippen LogP contribution in [-0.4, -0.2) is 6.54 Å². The van der Waals surface area contributed by atoms with Crippen molar-refractivity contribution in [1.82, 2.24) is 5.32 Å². The lowest BCUT2D eigenvalue weighted by Gasteiger charge is -2.18. The highest BCUT2D eigenvalue weighted by atomic mass is 35.5. The Bertz CT molecular complexity index is 542. The van der Waals surface area contributed by atoms with Gasteiger partial charge in [0, 0.05) is 17.1 Å². The van der Waals surface area contributed by atoms with Crippen LogP contribution in [0.3, 0.4) is 0 Å². The van der Waals surface area contributed by atoms with E-state index in [0.717, 1.165) is 35.0 Å². The predicted octanol–water partition coefficient (Wildman–Crippen LogP) is 4.59. The third-order valence-electron chi connectivity index (χ3n) is 3.16. The van der Waals surface area contributed by atoms with E-state index in [2.05, 4.69) is 31.3 Å². The Morgan fingerprint density at radius 3 is 2.60 bits per heavy atom. The average molecular weight is 290 g/mol. The molecule has 1 atom stereocenters. The van der Waals surface area contributed by atoms with E-state index in [1.165, 1.54) is 0 Å². The Morgan fingerprint density at radius 2 is 1.90 bits per heavy atom. The second-order valence-electron chi connectivity index (χ2n) is 4.70. The van der Waals surface area contributed by atoms with Crippen molar-refractivity contribution in [3.63, 3.8) is 0 Å². The maximum absolute atomic E-state index is 6.08. The van der Waals surface area contributed by atoms with Gasteiger partial charge in [-0.2, -0.15) is 0 Å². The third-order valence-corrected chi connectivity index (χ3v) is 3.40. The molecule has 0 aromatic heterocycles. The second kappa shape index (κ2) is 7.32. The summed E-state index contributed by atoms with van der Waals surface area (Å²) in [6.07, 6.45) is 0.0118. The van der Waals surface area contributed by atoms with Crippen LogP contribution in [0.4, 0.5) is 0 Å². The summed E-state index contributed by atoms with van der Waals surface area (Å²) < 4.78 is 6.08. The minimum atomic E-state index is 0.0118. The zero-order valence-corrected chi connectivity index (χ0v) is 12.7. The summed E-state index contributed by atoms with van der Waals surface area (Å²) in [5.74, 6) is 0.881. The van der Waals surface area contributed by atoms with Gasteiger partial charge in [-0.05, 0) is 37.2 Å². The molecule has 0 amide bonds. The largest absolute Gasteiger partial charge is 0.486 e. The quantitative estimate of drug-likeness (QED) is 0.840. The first-order valence-corrected chi connectivity index (χ1v) is 7.29. The van der Waals surface area contributed by atoms with Crippen molar-refractivity contribution in [3.05, 3.63) is 64.7 Å². The van der Waals surface area contributed by atoms with Gasteiger partial charge in [-0.25, -0.2) is 0 Å². The van der Waals surface area contributed by atoms with Crippen LogP contribution in [0, 0.1) is 0 Å². The van der Waals surface area contributed by atoms with Gasteiger partial charge in [-0.15, -0.1) is 0 Å². The van der Waals surface area contributed by atoms with Gasteiger partial charge >= 0.3 is 0 Å². The number of hydrogen-bond acceptors (Lipinski definition) is 2. The summed E-state index contributed by atoms with van der Waals surface area (Å²) in [5, 5.41) is 4.04. The third kappa shape index (κ3) is 3.99. The summed E-state index contributed by atoms with van der Waals surface area (Å²) in [6.45, 7) is 5.81. The highest BCUT2D eigenvalue weighted by Gasteiger charge is 2.10. The Kier molecular flexibility index (Phi) is 5.45. The summed E-state index contributed by atoms with van der Waals surface area (Å²) >= 11 is 6.07. The van der Waals surface area contributed by atoms with Crippen LogP contribution in [0.25, 0.3) is 0 Å². The van der Waals surface area contributed by atoms with Crippen molar-refractivity contribution in [3.8, 4) is 5.75 Å². The number of benzene rings is 2. The van der Waals surface area contributed by atoms with Gasteiger partial charge in [0.2, 0.25) is 0 Å². The molecule has 2 nitrogen and oxygen atoms in total. The molecule has 0 bridgehead atoms. The van der Waals surface area contributed by atoms with Crippen LogP contribution < -0.4 is 10.1 Å². The first-order chi connectivity index (χ1) is 9.70. The highest BCUT2D eigenvalue weighted by Crippen LogP contribution is 2.27. The van der Waals surface area contributed by atoms with Crippen molar-refractivity contribution in [2.24, 2.45) is 0 Å². The van der Waals surface area contributed by atoms with Crippen molar-refractivity contribution in [2.45, 2.75) is 26.5 Å². The fourth-order valence-electron chi connectivity index (χ4n) is 2.04. The van der Waals surface area contributed by atoms with E-state index in [-0.39, 0.29) is 6.10 Å². The molecule has 0 saturated carbocycles. The van der Waals surface area contributed by atoms with Crippen LogP contribution in [0.15, 0.2) is 48.5 Å². The molecule has 1 N–H and O–H groups in total. The zero-order chi connectivity index (χ0) is 14.4. The van der Waals surface area contributed by atoms with Gasteiger partial charge in [-0.3, -0.25) is 0 Å². The van der Waals surface area contributed by atoms with Gasteiger partial charge in [0.1, 0.15) is 11.9 Å². The summed E-state index contributed by atoms with van der Waals surface area (Å²) in [5.41, 5.74) is 2.25. The Hall–Kier alpha value is -1.51. The van der Waals surface area contributed by atoms with E-state index >= 15 is 0 Å². The first kappa shape index (κ1) is 14.9. The van der Waals surface area contributed by atoms with E-state index < -0.39 is 0 Å². The fourth-order valence-corrected chi connectivity index (χ4v) is 2.24. The molecule has 0 aliphatic rings. The highest BCUT2D eigenvalue weighted by molar-refractivity contribution is 6.30. The first-order valence-electron chi connectivity index (χ1n) is 6.91. The molecule has 0 saturated heterocycles. The Balaban J connectivity index is 2.15. The van der Waals surface area contributed by atoms with Gasteiger partial charge in [-0.1, -0.05) is 48.9 Å². The van der Waals surface area contributed by atoms with Crippen molar-refractivity contribution in [2.75, 3.05) is 6.54 Å². The standard InChI is InChI=1S/C17H20ClNO/c1-3-19-12-15-11-16(18)9-10-17(15)20-13(2)14-7-5-4-6-8-14/h4-11,13,19H,3,12H2,1-2H3. The summed E-state index contributed by atoms with van der Waals surface area (Å²) in [7, 11) is 0. The van der Waals surface area contributed by atoms with E-state index in [0.29, 0.717) is 0 Å². The molecule has 1 unspecified atom stereocenters. The van der Waals surface area contributed by atoms with E-state index in [4.69, 9.17) is 16.3 Å². The number of halogens is 1. The molecule has 0 aliphatic carbocycles. The second-order valence-corrected chi connectivity index (χ2v) is 5.14. The molecule has 2 aromatic rings. The minimum absolute atomic E-state index is 0.0118. The Labute approximate surface area is 125 Å². The van der Waals surface area contributed by atoms with Crippen LogP contribution in [0.1, 0.15) is 31.1 Å². The Morgan fingerprint density at radius 1 is 1.15 bits per heavy atom. The number of rotatable bonds is 6. The molecule has 0 radical (unpaired) electrons. The summed E-state index contributed by atoms with van der Waals surface area (Å²) in [4.78, 5) is 0. The molecular weight excluding hydrogens is 270 g/mol. The molecular formula is C17H20ClNO. The van der Waals surface area contributed by atoms with Crippen LogP contribution in [0.2, 0.25) is 5.02 Å². The topological polar surface area (TPSA) is 21.3 Å². The van der Waals surface area contributed by atoms with E-state index in [1.807, 2.05) is 36.4 Å². The number of hydrogen-bond donors (Lipinski definition) is 1. The molecule has 106 valence electrons. The molecule has 0 heterocycles. The maximum atomic E-state index is 6.08. The molecule has 0 spiro atoms. The predicted molar refractivity (Wildman–Crippen MR) is 84.3 cm³/mol. The lowest BCUT2D eigenvalue weighted by Crippen LogP contribution is -2.13. The SMILES string of the molecule is CCNCc1cc(Cl)ccc1OC(C)c1ccccc1. The van der Waals surface area contributed by atoms with Crippen molar-refractivity contribution in [1.29, 1.82) is 0 Å². The van der Waals surface area contributed by atoms with Crippen LogP contribution >= 0.6 is 11.6 Å². The smallest absolute Gasteiger partial charge is 0.124 e. The molecule has 0 fully saturated rings. The normalized spacial score (nSPS) is 12.2. The minimum Gasteiger partial charge on any atom is -0.486 e. The van der Waals surface area contributed by atoms with Gasteiger partial charge in [0.05, 0.1) is 0 Å². The van der Waals surface area contributed by atoms with E-state index in [1.54, 1.807) is 0 Å². The van der Waals surface area contributed by atoms with Crippen LogP contribution in [-0.2, 0) is 6.54 Å². The van der Waals surface area contributed by atoms with E-state index in [9.17, 15) is 0 Å². The zero-order valence-electron chi connectivity index (χ0n) is 11.9. The fraction of sp³-hybridized carbons (Fsp3) is 0.294. The van der Waals surface area contributed by atoms with Crippen molar-refractivity contribution < 1.29 is 4.74 Å². The average Bonchev–Trinajstić information content (AvgIpc) is 2.48. The summed E-state index contributed by atoms with van der Waals surface area (Å²) in [6, 6.07) is 16.0.